The summed E-state index contributed by atoms with van der Waals surface area (Å²) in [4.78, 5) is 43.4. The van der Waals surface area contributed by atoms with Gasteiger partial charge in [-0.3, -0.25) is 19.4 Å². The molecular formula is C36H40N2O4. The molecule has 42 heavy (non-hydrogen) atoms. The number of aromatic nitrogens is 1. The summed E-state index contributed by atoms with van der Waals surface area (Å²) in [6.07, 6.45) is 7.23. The molecule has 1 fully saturated rings. The first-order valence-electron chi connectivity index (χ1n) is 15.3. The summed E-state index contributed by atoms with van der Waals surface area (Å²) in [5.74, 6) is 0.977. The molecule has 5 rings (SSSR count). The van der Waals surface area contributed by atoms with Gasteiger partial charge in [-0.2, -0.15) is 0 Å². The number of aryl methyl sites for hydroxylation is 1. The second-order valence-corrected chi connectivity index (χ2v) is 11.4. The van der Waals surface area contributed by atoms with Crippen LogP contribution in [0.2, 0.25) is 0 Å². The molecule has 0 N–H and O–H groups in total. The molecule has 1 aliphatic rings. The van der Waals surface area contributed by atoms with Crippen LogP contribution >= 0.6 is 0 Å². The summed E-state index contributed by atoms with van der Waals surface area (Å²) in [6.45, 7) is 7.17. The number of unbranched alkanes of at least 4 members (excludes halogenated alkanes) is 1. The van der Waals surface area contributed by atoms with Gasteiger partial charge in [0, 0.05) is 45.0 Å². The number of benzene rings is 3. The number of aliphatic imine (C=N–C) groups is 1. The first-order valence-corrected chi connectivity index (χ1v) is 15.3. The molecule has 0 radical (unpaired) electrons. The van der Waals surface area contributed by atoms with Crippen LogP contribution < -0.4 is 4.74 Å². The molecule has 0 amide bonds. The van der Waals surface area contributed by atoms with Gasteiger partial charge in [-0.25, -0.2) is 0 Å². The Hall–Kier alpha value is -4.06. The number of ether oxygens (including phenoxy) is 1. The summed E-state index contributed by atoms with van der Waals surface area (Å²) in [5.41, 5.74) is 4.29. The molecule has 0 saturated heterocycles. The van der Waals surface area contributed by atoms with Gasteiger partial charge >= 0.3 is 0 Å². The Morgan fingerprint density at radius 2 is 1.48 bits per heavy atom. The van der Waals surface area contributed by atoms with Crippen molar-refractivity contribution in [1.29, 1.82) is 0 Å². The van der Waals surface area contributed by atoms with Gasteiger partial charge in [0.25, 0.3) is 0 Å². The van der Waals surface area contributed by atoms with Gasteiger partial charge in [0.05, 0.1) is 18.9 Å². The third kappa shape index (κ3) is 6.38. The van der Waals surface area contributed by atoms with Crippen LogP contribution in [0.5, 0.6) is 5.75 Å². The highest BCUT2D eigenvalue weighted by Gasteiger charge is 2.23. The van der Waals surface area contributed by atoms with E-state index in [9.17, 15) is 14.4 Å². The minimum Gasteiger partial charge on any atom is -0.494 e. The first kappa shape index (κ1) is 29.4. The smallest absolute Gasteiger partial charge is 0.206 e. The lowest BCUT2D eigenvalue weighted by molar-refractivity contribution is -0.115. The van der Waals surface area contributed by atoms with Gasteiger partial charge in [0.1, 0.15) is 5.75 Å². The molecule has 1 aromatic heterocycles. The lowest BCUT2D eigenvalue weighted by Crippen LogP contribution is -2.19. The van der Waals surface area contributed by atoms with Gasteiger partial charge in [-0.05, 0) is 93.3 Å². The quantitative estimate of drug-likeness (QED) is 0.0936. The van der Waals surface area contributed by atoms with Crippen molar-refractivity contribution in [2.75, 3.05) is 13.2 Å². The molecule has 3 aromatic carbocycles. The predicted octanol–water partition coefficient (Wildman–Crippen LogP) is 8.02. The van der Waals surface area contributed by atoms with E-state index in [-0.39, 0.29) is 23.9 Å². The molecule has 0 unspecified atom stereocenters. The second kappa shape index (κ2) is 13.3. The molecule has 1 heterocycles. The summed E-state index contributed by atoms with van der Waals surface area (Å²) >= 11 is 0. The Labute approximate surface area is 247 Å². The van der Waals surface area contributed by atoms with Crippen LogP contribution in [0.3, 0.4) is 0 Å². The van der Waals surface area contributed by atoms with Crippen molar-refractivity contribution in [2.24, 2.45) is 10.9 Å². The fraction of sp³-hybridized carbons (Fsp3) is 0.389. The maximum absolute atomic E-state index is 13.8. The Morgan fingerprint density at radius 3 is 2.10 bits per heavy atom. The number of fused-ring (bicyclic) bond motifs is 3. The molecule has 0 atom stereocenters. The number of Topliss-reactive ketones (excluding diaryl/α,β-unsaturated/α-hetero) is 2. The van der Waals surface area contributed by atoms with E-state index >= 15 is 0 Å². The topological polar surface area (TPSA) is 77.7 Å². The fourth-order valence-electron chi connectivity index (χ4n) is 6.02. The molecule has 218 valence electrons. The average Bonchev–Trinajstić information content (AvgIpc) is 3.64. The number of nitrogens with zero attached hydrogens (tertiary/aromatic N) is 2. The van der Waals surface area contributed by atoms with Crippen LogP contribution in [0.4, 0.5) is 0 Å². The monoisotopic (exact) mass is 564 g/mol. The van der Waals surface area contributed by atoms with Crippen molar-refractivity contribution in [3.63, 3.8) is 0 Å². The van der Waals surface area contributed by atoms with Crippen LogP contribution in [-0.2, 0) is 11.3 Å². The highest BCUT2D eigenvalue weighted by Crippen LogP contribution is 2.33. The number of carbonyl (C=O) groups is 3. The first-order chi connectivity index (χ1) is 20.4. The van der Waals surface area contributed by atoms with Crippen LogP contribution in [0.1, 0.15) is 92.0 Å². The maximum atomic E-state index is 13.8. The number of hydrogen-bond donors (Lipinski definition) is 0. The summed E-state index contributed by atoms with van der Waals surface area (Å²) in [5, 5.41) is 1.86. The predicted molar refractivity (Wildman–Crippen MR) is 169 cm³/mol. The Kier molecular flexibility index (Phi) is 9.31. The number of carbonyl (C=O) groups excluding carboxylic acids is 3. The average molecular weight is 565 g/mol. The Morgan fingerprint density at radius 1 is 0.857 bits per heavy atom. The SMILES string of the molecule is CCCCOc1ccc(C(=O)c2ccc3c(c2)c2cc(C(=O)C(CC4CCCC4)=NCC(C)=O)ccc2n3CC)cc1. The van der Waals surface area contributed by atoms with E-state index in [1.165, 1.54) is 19.8 Å². The molecular weight excluding hydrogens is 524 g/mol. The van der Waals surface area contributed by atoms with Gasteiger partial charge in [-0.15, -0.1) is 0 Å². The van der Waals surface area contributed by atoms with Crippen molar-refractivity contribution in [3.8, 4) is 5.75 Å². The van der Waals surface area contributed by atoms with E-state index in [0.29, 0.717) is 41.3 Å². The largest absolute Gasteiger partial charge is 0.494 e. The summed E-state index contributed by atoms with van der Waals surface area (Å²) in [7, 11) is 0. The molecule has 4 aromatic rings. The number of hydrogen-bond acceptors (Lipinski definition) is 5. The highest BCUT2D eigenvalue weighted by atomic mass is 16.5. The fourth-order valence-corrected chi connectivity index (χ4v) is 6.02. The molecule has 6 heteroatoms. The molecule has 0 bridgehead atoms. The van der Waals surface area contributed by atoms with Gasteiger partial charge in [0.15, 0.2) is 11.6 Å². The highest BCUT2D eigenvalue weighted by molar-refractivity contribution is 6.46. The minimum absolute atomic E-state index is 0.0303. The van der Waals surface area contributed by atoms with Crippen molar-refractivity contribution < 1.29 is 19.1 Å². The van der Waals surface area contributed by atoms with E-state index in [1.807, 2.05) is 60.7 Å². The van der Waals surface area contributed by atoms with E-state index in [0.717, 1.165) is 59.8 Å². The maximum Gasteiger partial charge on any atom is 0.206 e. The third-order valence-corrected chi connectivity index (χ3v) is 8.30. The van der Waals surface area contributed by atoms with Crippen molar-refractivity contribution in [2.45, 2.75) is 72.3 Å². The van der Waals surface area contributed by atoms with E-state index in [1.54, 1.807) is 0 Å². The zero-order valence-electron chi connectivity index (χ0n) is 24.9. The molecule has 0 spiro atoms. The lowest BCUT2D eigenvalue weighted by atomic mass is 9.94. The van der Waals surface area contributed by atoms with E-state index in [4.69, 9.17) is 4.74 Å². The van der Waals surface area contributed by atoms with E-state index in [2.05, 4.69) is 23.4 Å². The zero-order valence-corrected chi connectivity index (χ0v) is 24.9. The van der Waals surface area contributed by atoms with Crippen LogP contribution in [-0.4, -0.2) is 40.8 Å². The molecule has 1 saturated carbocycles. The zero-order chi connectivity index (χ0) is 29.6. The van der Waals surface area contributed by atoms with Gasteiger partial charge in [-0.1, -0.05) is 39.0 Å². The summed E-state index contributed by atoms with van der Waals surface area (Å²) in [6, 6.07) is 18.9. The molecule has 1 aliphatic carbocycles. The van der Waals surface area contributed by atoms with Crippen LogP contribution in [0.15, 0.2) is 65.7 Å². The molecule has 6 nitrogen and oxygen atoms in total. The van der Waals surface area contributed by atoms with Crippen molar-refractivity contribution in [3.05, 3.63) is 77.4 Å². The van der Waals surface area contributed by atoms with Gasteiger partial charge < -0.3 is 9.30 Å². The van der Waals surface area contributed by atoms with E-state index < -0.39 is 0 Å². The normalized spacial score (nSPS) is 14.1. The van der Waals surface area contributed by atoms with Gasteiger partial charge in [0.2, 0.25) is 5.78 Å². The standard InChI is InChI=1S/C36H40N2O4/c1-4-6-19-42-29-15-11-26(12-16-29)35(40)27-13-17-33-30(21-27)31-22-28(14-18-34(31)38(33)5-2)36(41)32(37-23-24(3)39)20-25-9-7-8-10-25/h11-18,21-22,25H,4-10,19-20,23H2,1-3H3. The van der Waals surface area contributed by atoms with Crippen molar-refractivity contribution in [1.82, 2.24) is 4.57 Å². The van der Waals surface area contributed by atoms with Crippen LogP contribution in [0.25, 0.3) is 21.8 Å². The number of rotatable bonds is 13. The minimum atomic E-state index is -0.115. The Balaban J connectivity index is 1.49. The molecule has 0 aliphatic heterocycles. The second-order valence-electron chi connectivity index (χ2n) is 11.4. The Bertz CT molecular complexity index is 1640. The number of ketones is 3. The van der Waals surface area contributed by atoms with Crippen molar-refractivity contribution >= 4 is 44.9 Å². The lowest BCUT2D eigenvalue weighted by Gasteiger charge is -2.12. The third-order valence-electron chi connectivity index (χ3n) is 8.30. The summed E-state index contributed by atoms with van der Waals surface area (Å²) < 4.78 is 7.96. The van der Waals surface area contributed by atoms with Crippen LogP contribution in [0, 0.1) is 5.92 Å².